The minimum Gasteiger partial charge on any atom is -0.383 e. The molecule has 1 aromatic carbocycles. The molecule has 1 aromatic rings. The quantitative estimate of drug-likeness (QED) is 0.618. The lowest BCUT2D eigenvalue weighted by Gasteiger charge is -2.17. The minimum atomic E-state index is -3.69. The molecule has 1 unspecified atom stereocenters. The van der Waals surface area contributed by atoms with E-state index in [0.29, 0.717) is 0 Å². The van der Waals surface area contributed by atoms with Crippen LogP contribution in [0.2, 0.25) is 0 Å². The van der Waals surface area contributed by atoms with E-state index in [-0.39, 0.29) is 28.2 Å². The topological polar surface area (TPSA) is 101 Å². The number of hydrogen-bond acceptors (Lipinski definition) is 5. The molecule has 0 heterocycles. The van der Waals surface area contributed by atoms with Gasteiger partial charge in [0.2, 0.25) is 10.0 Å². The van der Waals surface area contributed by atoms with Gasteiger partial charge in [0.15, 0.2) is 0 Å². The Morgan fingerprint density at radius 2 is 1.85 bits per heavy atom. The predicted molar refractivity (Wildman–Crippen MR) is 77.3 cm³/mol. The van der Waals surface area contributed by atoms with Crippen LogP contribution in [0.15, 0.2) is 23.1 Å². The van der Waals surface area contributed by atoms with Gasteiger partial charge in [0, 0.05) is 19.2 Å². The zero-order valence-electron chi connectivity index (χ0n) is 11.9. The smallest absolute Gasteiger partial charge is 0.292 e. The van der Waals surface area contributed by atoms with Crippen molar-refractivity contribution in [2.24, 2.45) is 5.92 Å². The molecular weight excluding hydrogens is 282 g/mol. The zero-order valence-corrected chi connectivity index (χ0v) is 12.7. The second-order valence-corrected chi connectivity index (χ2v) is 6.55. The average molecular weight is 301 g/mol. The first-order valence-electron chi connectivity index (χ1n) is 6.17. The van der Waals surface area contributed by atoms with Gasteiger partial charge < -0.3 is 5.32 Å². The highest BCUT2D eigenvalue weighted by molar-refractivity contribution is 7.89. The molecule has 7 nitrogen and oxygen atoms in total. The van der Waals surface area contributed by atoms with Crippen molar-refractivity contribution < 1.29 is 13.3 Å². The average Bonchev–Trinajstić information content (AvgIpc) is 2.37. The van der Waals surface area contributed by atoms with Crippen LogP contribution in [0.5, 0.6) is 0 Å². The zero-order chi connectivity index (χ0) is 15.5. The Kier molecular flexibility index (Phi) is 5.07. The van der Waals surface area contributed by atoms with E-state index in [4.69, 9.17) is 0 Å². The van der Waals surface area contributed by atoms with Crippen molar-refractivity contribution in [3.8, 4) is 0 Å². The highest BCUT2D eigenvalue weighted by Crippen LogP contribution is 2.27. The number of sulfonamides is 1. The number of nitro benzene ring substituents is 1. The molecule has 0 amide bonds. The predicted octanol–water partition coefficient (Wildman–Crippen LogP) is 1.96. The number of rotatable bonds is 6. The largest absolute Gasteiger partial charge is 0.383 e. The van der Waals surface area contributed by atoms with Crippen molar-refractivity contribution in [2.75, 3.05) is 12.4 Å². The third-order valence-electron chi connectivity index (χ3n) is 3.09. The van der Waals surface area contributed by atoms with Crippen molar-refractivity contribution in [1.29, 1.82) is 0 Å². The number of anilines is 1. The molecule has 0 aliphatic carbocycles. The fourth-order valence-corrected chi connectivity index (χ4v) is 2.91. The molecule has 0 saturated carbocycles. The van der Waals surface area contributed by atoms with Crippen molar-refractivity contribution in [1.82, 2.24) is 4.72 Å². The maximum atomic E-state index is 12.2. The van der Waals surface area contributed by atoms with Gasteiger partial charge in [0.25, 0.3) is 5.69 Å². The Hall–Kier alpha value is -1.67. The number of nitro groups is 1. The lowest BCUT2D eigenvalue weighted by molar-refractivity contribution is -0.384. The molecule has 0 aromatic heterocycles. The summed E-state index contributed by atoms with van der Waals surface area (Å²) in [6.45, 7) is 5.58. The van der Waals surface area contributed by atoms with Gasteiger partial charge in [-0.2, -0.15) is 0 Å². The molecule has 0 spiro atoms. The molecule has 2 N–H and O–H groups in total. The first kappa shape index (κ1) is 16.4. The van der Waals surface area contributed by atoms with Gasteiger partial charge in [0.05, 0.1) is 9.82 Å². The monoisotopic (exact) mass is 301 g/mol. The number of benzene rings is 1. The van der Waals surface area contributed by atoms with E-state index in [0.717, 1.165) is 0 Å². The highest BCUT2D eigenvalue weighted by atomic mass is 32.2. The van der Waals surface area contributed by atoms with Gasteiger partial charge in [0.1, 0.15) is 5.69 Å². The highest BCUT2D eigenvalue weighted by Gasteiger charge is 2.22. The first-order chi connectivity index (χ1) is 9.19. The standard InChI is InChI=1S/C12H19N3O4S/c1-8(2)9(3)14-20(18,19)10-5-6-12(15(16)17)11(7-10)13-4/h5-9,13-14H,1-4H3. The van der Waals surface area contributed by atoms with Crippen LogP contribution in [0.3, 0.4) is 0 Å². The molecule has 8 heteroatoms. The van der Waals surface area contributed by atoms with Crippen LogP contribution < -0.4 is 10.0 Å². The Morgan fingerprint density at radius 3 is 2.30 bits per heavy atom. The Bertz CT molecular complexity index is 599. The van der Waals surface area contributed by atoms with E-state index < -0.39 is 14.9 Å². The molecular formula is C12H19N3O4S. The van der Waals surface area contributed by atoms with Crippen LogP contribution in [0.4, 0.5) is 11.4 Å². The maximum Gasteiger partial charge on any atom is 0.292 e. The summed E-state index contributed by atoms with van der Waals surface area (Å²) < 4.78 is 26.9. The Labute approximate surface area is 118 Å². The summed E-state index contributed by atoms with van der Waals surface area (Å²) in [7, 11) is -2.19. The SMILES string of the molecule is CNc1cc(S(=O)(=O)NC(C)C(C)C)ccc1[N+](=O)[O-]. The Balaban J connectivity index is 3.17. The lowest BCUT2D eigenvalue weighted by atomic mass is 10.1. The molecule has 112 valence electrons. The van der Waals surface area contributed by atoms with Gasteiger partial charge in [-0.05, 0) is 25.0 Å². The summed E-state index contributed by atoms with van der Waals surface area (Å²) in [6, 6.07) is 3.44. The molecule has 0 aliphatic rings. The summed E-state index contributed by atoms with van der Waals surface area (Å²) in [6.07, 6.45) is 0. The van der Waals surface area contributed by atoms with E-state index in [1.807, 2.05) is 13.8 Å². The van der Waals surface area contributed by atoms with Crippen LogP contribution in [0.1, 0.15) is 20.8 Å². The normalized spacial score (nSPS) is 13.2. The molecule has 0 bridgehead atoms. The summed E-state index contributed by atoms with van der Waals surface area (Å²) >= 11 is 0. The third-order valence-corrected chi connectivity index (χ3v) is 4.64. The van der Waals surface area contributed by atoms with Crippen molar-refractivity contribution in [3.63, 3.8) is 0 Å². The second kappa shape index (κ2) is 6.19. The second-order valence-electron chi connectivity index (χ2n) is 4.84. The number of nitrogens with zero attached hydrogens (tertiary/aromatic N) is 1. The fourth-order valence-electron chi connectivity index (χ4n) is 1.49. The van der Waals surface area contributed by atoms with Crippen LogP contribution in [0.25, 0.3) is 0 Å². The van der Waals surface area contributed by atoms with Crippen LogP contribution in [-0.2, 0) is 10.0 Å². The lowest BCUT2D eigenvalue weighted by Crippen LogP contribution is -2.36. The summed E-state index contributed by atoms with van der Waals surface area (Å²) in [4.78, 5) is 10.2. The molecule has 0 aliphatic heterocycles. The van der Waals surface area contributed by atoms with Gasteiger partial charge in [-0.3, -0.25) is 10.1 Å². The molecule has 0 saturated heterocycles. The summed E-state index contributed by atoms with van der Waals surface area (Å²) in [5.74, 6) is 0.145. The fraction of sp³-hybridized carbons (Fsp3) is 0.500. The first-order valence-corrected chi connectivity index (χ1v) is 7.66. The molecule has 20 heavy (non-hydrogen) atoms. The van der Waals surface area contributed by atoms with Crippen LogP contribution >= 0.6 is 0 Å². The molecule has 1 atom stereocenters. The van der Waals surface area contributed by atoms with Gasteiger partial charge in [-0.1, -0.05) is 13.8 Å². The Morgan fingerprint density at radius 1 is 1.25 bits per heavy atom. The van der Waals surface area contributed by atoms with Crippen LogP contribution in [0, 0.1) is 16.0 Å². The molecule has 1 rings (SSSR count). The van der Waals surface area contributed by atoms with Crippen molar-refractivity contribution in [3.05, 3.63) is 28.3 Å². The van der Waals surface area contributed by atoms with Gasteiger partial charge >= 0.3 is 0 Å². The summed E-state index contributed by atoms with van der Waals surface area (Å²) in [5.41, 5.74) is -0.00145. The van der Waals surface area contributed by atoms with E-state index in [1.54, 1.807) is 6.92 Å². The van der Waals surface area contributed by atoms with E-state index in [9.17, 15) is 18.5 Å². The van der Waals surface area contributed by atoms with E-state index >= 15 is 0 Å². The van der Waals surface area contributed by atoms with Crippen molar-refractivity contribution >= 4 is 21.4 Å². The summed E-state index contributed by atoms with van der Waals surface area (Å²) in [5, 5.41) is 13.4. The number of hydrogen-bond donors (Lipinski definition) is 2. The van der Waals surface area contributed by atoms with Gasteiger partial charge in [-0.15, -0.1) is 0 Å². The molecule has 0 fully saturated rings. The van der Waals surface area contributed by atoms with E-state index in [2.05, 4.69) is 10.0 Å². The van der Waals surface area contributed by atoms with Crippen molar-refractivity contribution in [2.45, 2.75) is 31.7 Å². The third kappa shape index (κ3) is 3.67. The maximum absolute atomic E-state index is 12.2. The van der Waals surface area contributed by atoms with E-state index in [1.165, 1.54) is 25.2 Å². The number of nitrogens with one attached hydrogen (secondary N) is 2. The molecule has 0 radical (unpaired) electrons. The van der Waals surface area contributed by atoms with Gasteiger partial charge in [-0.25, -0.2) is 13.1 Å². The minimum absolute atomic E-state index is 0.0000463. The van der Waals surface area contributed by atoms with Crippen LogP contribution in [-0.4, -0.2) is 26.4 Å².